The Morgan fingerprint density at radius 3 is 3.24 bits per heavy atom. The number of rotatable bonds is 6. The van der Waals surface area contributed by atoms with Gasteiger partial charge in [0, 0.05) is 32.4 Å². The number of pyridine rings is 1. The number of ether oxygens (including phenoxy) is 1. The van der Waals surface area contributed by atoms with Crippen LogP contribution in [0.2, 0.25) is 5.15 Å². The van der Waals surface area contributed by atoms with Crippen molar-refractivity contribution in [1.82, 2.24) is 15.2 Å². The van der Waals surface area contributed by atoms with Gasteiger partial charge in [-0.05, 0) is 31.5 Å². The van der Waals surface area contributed by atoms with E-state index in [1.807, 2.05) is 0 Å². The predicted octanol–water partition coefficient (Wildman–Crippen LogP) is 1.97. The maximum Gasteiger partial charge on any atom is 0.319 e. The molecule has 0 radical (unpaired) electrons. The number of carbonyl (C=O) groups is 1. The van der Waals surface area contributed by atoms with Crippen LogP contribution >= 0.6 is 11.6 Å². The number of aromatic nitrogens is 1. The van der Waals surface area contributed by atoms with Crippen LogP contribution in [-0.4, -0.2) is 55.3 Å². The smallest absolute Gasteiger partial charge is 0.319 e. The van der Waals surface area contributed by atoms with Crippen LogP contribution in [0.1, 0.15) is 12.8 Å². The lowest BCUT2D eigenvalue weighted by molar-refractivity contribution is 0.140. The van der Waals surface area contributed by atoms with Crippen molar-refractivity contribution in [3.63, 3.8) is 0 Å². The molecular formula is C14H21ClN4O2. The molecule has 0 aromatic carbocycles. The van der Waals surface area contributed by atoms with Gasteiger partial charge < -0.3 is 15.4 Å². The number of carbonyl (C=O) groups excluding carboxylic acids is 1. The Bertz CT molecular complexity index is 472. The molecule has 2 heterocycles. The fraction of sp³-hybridized carbons (Fsp3) is 0.571. The van der Waals surface area contributed by atoms with Crippen LogP contribution in [-0.2, 0) is 4.74 Å². The Balaban J connectivity index is 1.77. The molecule has 1 aliphatic heterocycles. The predicted molar refractivity (Wildman–Crippen MR) is 82.7 cm³/mol. The summed E-state index contributed by atoms with van der Waals surface area (Å²) in [5, 5.41) is 5.88. The third-order valence-corrected chi connectivity index (χ3v) is 3.89. The van der Waals surface area contributed by atoms with E-state index in [9.17, 15) is 4.79 Å². The van der Waals surface area contributed by atoms with Crippen LogP contribution in [0.3, 0.4) is 0 Å². The molecule has 2 amide bonds. The first-order valence-corrected chi connectivity index (χ1v) is 7.47. The highest BCUT2D eigenvalue weighted by atomic mass is 35.5. The maximum atomic E-state index is 11.9. The number of nitrogens with one attached hydrogen (secondary N) is 2. The van der Waals surface area contributed by atoms with E-state index in [0.717, 1.165) is 25.9 Å². The molecule has 1 aromatic rings. The van der Waals surface area contributed by atoms with E-state index in [1.165, 1.54) is 0 Å². The molecule has 21 heavy (non-hydrogen) atoms. The topological polar surface area (TPSA) is 66.5 Å². The molecule has 1 unspecified atom stereocenters. The summed E-state index contributed by atoms with van der Waals surface area (Å²) < 4.78 is 5.11. The van der Waals surface area contributed by atoms with Crippen molar-refractivity contribution in [2.45, 2.75) is 18.9 Å². The van der Waals surface area contributed by atoms with Gasteiger partial charge in [0.1, 0.15) is 0 Å². The summed E-state index contributed by atoms with van der Waals surface area (Å²) in [5.74, 6) is 0. The van der Waals surface area contributed by atoms with Crippen LogP contribution < -0.4 is 10.6 Å². The van der Waals surface area contributed by atoms with Gasteiger partial charge in [-0.1, -0.05) is 11.6 Å². The van der Waals surface area contributed by atoms with E-state index in [2.05, 4.69) is 20.5 Å². The minimum absolute atomic E-state index is 0.261. The summed E-state index contributed by atoms with van der Waals surface area (Å²) in [5.41, 5.74) is 0.513. The van der Waals surface area contributed by atoms with Crippen LogP contribution in [0.4, 0.5) is 10.5 Å². The molecule has 0 saturated carbocycles. The SMILES string of the molecule is COCCN1CCCC1CNC(=O)Nc1cccnc1Cl. The molecule has 1 fully saturated rings. The highest BCUT2D eigenvalue weighted by Crippen LogP contribution is 2.18. The zero-order valence-corrected chi connectivity index (χ0v) is 12.9. The van der Waals surface area contributed by atoms with Gasteiger partial charge in [0.25, 0.3) is 0 Å². The molecule has 1 atom stereocenters. The summed E-state index contributed by atoms with van der Waals surface area (Å²) in [6, 6.07) is 3.55. The summed E-state index contributed by atoms with van der Waals surface area (Å²) >= 11 is 5.90. The van der Waals surface area contributed by atoms with E-state index in [-0.39, 0.29) is 11.2 Å². The molecule has 2 rings (SSSR count). The Kier molecular flexibility index (Phi) is 6.22. The molecule has 1 saturated heterocycles. The van der Waals surface area contributed by atoms with Crippen molar-refractivity contribution in [3.05, 3.63) is 23.5 Å². The molecule has 0 aliphatic carbocycles. The highest BCUT2D eigenvalue weighted by molar-refractivity contribution is 6.32. The van der Waals surface area contributed by atoms with Crippen LogP contribution in [0.25, 0.3) is 0 Å². The van der Waals surface area contributed by atoms with Gasteiger partial charge in [-0.15, -0.1) is 0 Å². The molecule has 1 aromatic heterocycles. The summed E-state index contributed by atoms with van der Waals surface area (Å²) in [6.45, 7) is 3.30. The third-order valence-electron chi connectivity index (χ3n) is 3.59. The van der Waals surface area contributed by atoms with Crippen molar-refractivity contribution in [2.75, 3.05) is 38.7 Å². The second-order valence-electron chi connectivity index (χ2n) is 5.00. The molecule has 0 bridgehead atoms. The number of amides is 2. The van der Waals surface area contributed by atoms with Crippen LogP contribution in [0.5, 0.6) is 0 Å². The fourth-order valence-corrected chi connectivity index (χ4v) is 2.65. The summed E-state index contributed by atoms with van der Waals surface area (Å²) in [7, 11) is 1.70. The molecule has 7 heteroatoms. The third kappa shape index (κ3) is 4.84. The number of anilines is 1. The zero-order chi connectivity index (χ0) is 15.1. The normalized spacial score (nSPS) is 18.7. The molecule has 6 nitrogen and oxygen atoms in total. The maximum absolute atomic E-state index is 11.9. The average Bonchev–Trinajstić information content (AvgIpc) is 2.93. The van der Waals surface area contributed by atoms with Gasteiger partial charge in [0.05, 0.1) is 12.3 Å². The second-order valence-corrected chi connectivity index (χ2v) is 5.36. The lowest BCUT2D eigenvalue weighted by Crippen LogP contribution is -2.42. The Morgan fingerprint density at radius 1 is 1.62 bits per heavy atom. The molecule has 116 valence electrons. The van der Waals surface area contributed by atoms with Crippen LogP contribution in [0, 0.1) is 0 Å². The van der Waals surface area contributed by atoms with Crippen molar-refractivity contribution in [1.29, 1.82) is 0 Å². The number of likely N-dealkylation sites (tertiary alicyclic amines) is 1. The number of hydrogen-bond acceptors (Lipinski definition) is 4. The van der Waals surface area contributed by atoms with E-state index in [1.54, 1.807) is 25.4 Å². The van der Waals surface area contributed by atoms with Gasteiger partial charge >= 0.3 is 6.03 Å². The number of urea groups is 1. The number of hydrogen-bond donors (Lipinski definition) is 2. The number of halogens is 1. The van der Waals surface area contributed by atoms with Crippen LogP contribution in [0.15, 0.2) is 18.3 Å². The molecule has 2 N–H and O–H groups in total. The Hall–Kier alpha value is -1.37. The lowest BCUT2D eigenvalue weighted by Gasteiger charge is -2.24. The summed E-state index contributed by atoms with van der Waals surface area (Å²) in [6.07, 6.45) is 3.83. The zero-order valence-electron chi connectivity index (χ0n) is 12.1. The lowest BCUT2D eigenvalue weighted by atomic mass is 10.2. The average molecular weight is 313 g/mol. The molecule has 0 spiro atoms. The highest BCUT2D eigenvalue weighted by Gasteiger charge is 2.24. The van der Waals surface area contributed by atoms with Gasteiger partial charge in [0.15, 0.2) is 5.15 Å². The first kappa shape index (κ1) is 16.0. The Morgan fingerprint density at radius 2 is 2.48 bits per heavy atom. The minimum Gasteiger partial charge on any atom is -0.383 e. The second kappa shape index (κ2) is 8.17. The quantitative estimate of drug-likeness (QED) is 0.788. The van der Waals surface area contributed by atoms with Gasteiger partial charge in [-0.25, -0.2) is 9.78 Å². The molecule has 1 aliphatic rings. The fourth-order valence-electron chi connectivity index (χ4n) is 2.49. The number of nitrogens with zero attached hydrogens (tertiary/aromatic N) is 2. The van der Waals surface area contributed by atoms with Gasteiger partial charge in [-0.3, -0.25) is 4.90 Å². The largest absolute Gasteiger partial charge is 0.383 e. The van der Waals surface area contributed by atoms with E-state index in [4.69, 9.17) is 16.3 Å². The van der Waals surface area contributed by atoms with Crippen molar-refractivity contribution in [2.24, 2.45) is 0 Å². The standard InChI is InChI=1S/C14H21ClN4O2/c1-21-9-8-19-7-3-4-11(19)10-17-14(20)18-12-5-2-6-16-13(12)15/h2,5-6,11H,3-4,7-10H2,1H3,(H2,17,18,20). The monoisotopic (exact) mass is 312 g/mol. The van der Waals surface area contributed by atoms with Crippen molar-refractivity contribution in [3.8, 4) is 0 Å². The minimum atomic E-state index is -0.261. The first-order valence-electron chi connectivity index (χ1n) is 7.09. The summed E-state index contributed by atoms with van der Waals surface area (Å²) in [4.78, 5) is 18.2. The number of methoxy groups -OCH3 is 1. The van der Waals surface area contributed by atoms with Gasteiger partial charge in [-0.2, -0.15) is 0 Å². The van der Waals surface area contributed by atoms with E-state index in [0.29, 0.717) is 24.9 Å². The van der Waals surface area contributed by atoms with E-state index >= 15 is 0 Å². The van der Waals surface area contributed by atoms with Crippen molar-refractivity contribution < 1.29 is 9.53 Å². The first-order chi connectivity index (χ1) is 10.2. The van der Waals surface area contributed by atoms with Crippen molar-refractivity contribution >= 4 is 23.3 Å². The Labute approximate surface area is 129 Å². The van der Waals surface area contributed by atoms with E-state index < -0.39 is 0 Å². The molecular weight excluding hydrogens is 292 g/mol. The van der Waals surface area contributed by atoms with Gasteiger partial charge in [0.2, 0.25) is 0 Å².